The van der Waals surface area contributed by atoms with Crippen LogP contribution in [0.25, 0.3) is 5.52 Å². The second kappa shape index (κ2) is 4.50. The molecule has 2 aromatic heterocycles. The maximum absolute atomic E-state index is 6.03. The summed E-state index contributed by atoms with van der Waals surface area (Å²) in [5.74, 6) is 1.53. The Bertz CT molecular complexity index is 747. The lowest BCUT2D eigenvalue weighted by Gasteiger charge is -2.49. The number of hydroxylamine groups is 1. The fourth-order valence-electron chi connectivity index (χ4n) is 4.11. The molecule has 4 fully saturated rings. The highest BCUT2D eigenvalue weighted by Crippen LogP contribution is 2.42. The fourth-order valence-corrected chi connectivity index (χ4v) is 4.11. The van der Waals surface area contributed by atoms with Crippen molar-refractivity contribution >= 4 is 17.0 Å². The molecule has 0 aromatic carbocycles. The Labute approximate surface area is 127 Å². The van der Waals surface area contributed by atoms with Crippen molar-refractivity contribution in [1.82, 2.24) is 25.2 Å². The van der Waals surface area contributed by atoms with Crippen LogP contribution >= 0.6 is 0 Å². The third-order valence-corrected chi connectivity index (χ3v) is 5.24. The number of hydrogen-bond donors (Lipinski definition) is 1. The van der Waals surface area contributed by atoms with E-state index in [1.165, 1.54) is 25.9 Å². The highest BCUT2D eigenvalue weighted by Gasteiger charge is 2.52. The van der Waals surface area contributed by atoms with Crippen LogP contribution in [0.2, 0.25) is 0 Å². The van der Waals surface area contributed by atoms with Gasteiger partial charge in [0.1, 0.15) is 17.1 Å². The Morgan fingerprint density at radius 1 is 1.36 bits per heavy atom. The molecular formula is C15H18N6O. The summed E-state index contributed by atoms with van der Waals surface area (Å²) in [5.41, 5.74) is 4.77. The van der Waals surface area contributed by atoms with Gasteiger partial charge in [-0.1, -0.05) is 5.21 Å². The number of aliphatic imine (C=N–C) groups is 1. The monoisotopic (exact) mass is 298 g/mol. The SMILES string of the molecule is c1cc2c(N=C3CC4(CN5CCC4CC5)ON3)cnnn2c1. The molecule has 1 unspecified atom stereocenters. The minimum Gasteiger partial charge on any atom is -0.300 e. The Balaban J connectivity index is 1.47. The van der Waals surface area contributed by atoms with Gasteiger partial charge in [-0.3, -0.25) is 10.3 Å². The topological polar surface area (TPSA) is 67.0 Å². The van der Waals surface area contributed by atoms with E-state index in [4.69, 9.17) is 9.83 Å². The first-order valence-corrected chi connectivity index (χ1v) is 7.85. The van der Waals surface area contributed by atoms with E-state index in [-0.39, 0.29) is 5.60 Å². The summed E-state index contributed by atoms with van der Waals surface area (Å²) < 4.78 is 1.74. The van der Waals surface area contributed by atoms with Crippen molar-refractivity contribution in [2.75, 3.05) is 19.6 Å². The van der Waals surface area contributed by atoms with E-state index in [1.807, 2.05) is 18.3 Å². The zero-order chi connectivity index (χ0) is 14.6. The van der Waals surface area contributed by atoms with Gasteiger partial charge in [0.05, 0.1) is 11.7 Å². The van der Waals surface area contributed by atoms with Gasteiger partial charge in [0, 0.05) is 19.2 Å². The zero-order valence-corrected chi connectivity index (χ0v) is 12.3. The summed E-state index contributed by atoms with van der Waals surface area (Å²) in [5, 5.41) is 8.03. The first-order valence-electron chi connectivity index (χ1n) is 7.85. The molecule has 1 spiro atoms. The highest BCUT2D eigenvalue weighted by atomic mass is 16.7. The maximum Gasteiger partial charge on any atom is 0.129 e. The van der Waals surface area contributed by atoms with Crippen LogP contribution in [0.1, 0.15) is 19.3 Å². The third-order valence-electron chi connectivity index (χ3n) is 5.24. The predicted molar refractivity (Wildman–Crippen MR) is 80.8 cm³/mol. The summed E-state index contributed by atoms with van der Waals surface area (Å²) in [6.45, 7) is 3.43. The van der Waals surface area contributed by atoms with E-state index < -0.39 is 0 Å². The number of aromatic nitrogens is 3. The average molecular weight is 298 g/mol. The van der Waals surface area contributed by atoms with Gasteiger partial charge >= 0.3 is 0 Å². The van der Waals surface area contributed by atoms with E-state index in [0.29, 0.717) is 5.92 Å². The van der Waals surface area contributed by atoms with Crippen molar-refractivity contribution in [3.63, 3.8) is 0 Å². The molecule has 1 N–H and O–H groups in total. The quantitative estimate of drug-likeness (QED) is 0.855. The Kier molecular flexibility index (Phi) is 2.57. The van der Waals surface area contributed by atoms with E-state index in [9.17, 15) is 0 Å². The van der Waals surface area contributed by atoms with Crippen molar-refractivity contribution in [2.45, 2.75) is 24.9 Å². The van der Waals surface area contributed by atoms with Crippen molar-refractivity contribution in [3.05, 3.63) is 24.5 Å². The molecule has 7 nitrogen and oxygen atoms in total. The molecule has 2 bridgehead atoms. The van der Waals surface area contributed by atoms with Crippen molar-refractivity contribution < 1.29 is 4.84 Å². The van der Waals surface area contributed by atoms with Crippen molar-refractivity contribution in [2.24, 2.45) is 10.9 Å². The molecule has 4 saturated heterocycles. The molecule has 7 heteroatoms. The summed E-state index contributed by atoms with van der Waals surface area (Å²) in [6.07, 6.45) is 6.89. The van der Waals surface area contributed by atoms with E-state index in [2.05, 4.69) is 20.7 Å². The van der Waals surface area contributed by atoms with Gasteiger partial charge in [-0.25, -0.2) is 9.51 Å². The van der Waals surface area contributed by atoms with Gasteiger partial charge in [0.2, 0.25) is 0 Å². The number of amidine groups is 1. The average Bonchev–Trinajstić information content (AvgIpc) is 3.17. The molecule has 114 valence electrons. The molecule has 2 aromatic rings. The minimum atomic E-state index is -0.0892. The summed E-state index contributed by atoms with van der Waals surface area (Å²) in [4.78, 5) is 13.3. The van der Waals surface area contributed by atoms with Crippen LogP contribution in [0.5, 0.6) is 0 Å². The van der Waals surface area contributed by atoms with Crippen molar-refractivity contribution in [1.29, 1.82) is 0 Å². The lowest BCUT2D eigenvalue weighted by molar-refractivity contribution is -0.150. The highest BCUT2D eigenvalue weighted by molar-refractivity contribution is 5.88. The Morgan fingerprint density at radius 2 is 2.27 bits per heavy atom. The van der Waals surface area contributed by atoms with Gasteiger partial charge in [-0.15, -0.1) is 5.10 Å². The summed E-state index contributed by atoms with van der Waals surface area (Å²) in [7, 11) is 0. The second-order valence-corrected chi connectivity index (χ2v) is 6.51. The number of hydrogen-bond acceptors (Lipinski definition) is 5. The lowest BCUT2D eigenvalue weighted by atomic mass is 9.74. The van der Waals surface area contributed by atoms with E-state index >= 15 is 0 Å². The number of rotatable bonds is 1. The number of fused-ring (bicyclic) bond motifs is 3. The molecule has 22 heavy (non-hydrogen) atoms. The third kappa shape index (κ3) is 1.79. The standard InChI is InChI=1S/C15H18N6O/c1-2-13-12(9-16-19-21(13)5-1)17-14-8-15(22-18-14)10-20-6-3-11(15)4-7-20/h1-2,5,9,11H,3-4,6-8,10H2,(H,17,18). The summed E-state index contributed by atoms with van der Waals surface area (Å²) in [6, 6.07) is 3.94. The molecule has 4 aliphatic heterocycles. The molecule has 6 rings (SSSR count). The number of piperidine rings is 3. The zero-order valence-electron chi connectivity index (χ0n) is 12.3. The molecule has 0 amide bonds. The van der Waals surface area contributed by atoms with Gasteiger partial charge in [0.15, 0.2) is 0 Å². The van der Waals surface area contributed by atoms with E-state index in [0.717, 1.165) is 30.0 Å². The van der Waals surface area contributed by atoms with Crippen molar-refractivity contribution in [3.8, 4) is 0 Å². The van der Waals surface area contributed by atoms with Crippen LogP contribution in [0.3, 0.4) is 0 Å². The van der Waals surface area contributed by atoms with Crippen LogP contribution in [0.15, 0.2) is 29.5 Å². The minimum absolute atomic E-state index is 0.0892. The number of nitrogens with zero attached hydrogens (tertiary/aromatic N) is 5. The summed E-state index contributed by atoms with van der Waals surface area (Å²) >= 11 is 0. The van der Waals surface area contributed by atoms with Gasteiger partial charge in [0.25, 0.3) is 0 Å². The Hall–Kier alpha value is -1.99. The van der Waals surface area contributed by atoms with E-state index in [1.54, 1.807) is 10.7 Å². The van der Waals surface area contributed by atoms with Crippen LogP contribution in [-0.2, 0) is 4.84 Å². The molecule has 6 heterocycles. The maximum atomic E-state index is 6.03. The van der Waals surface area contributed by atoms with Crippen LogP contribution in [0, 0.1) is 5.92 Å². The lowest BCUT2D eigenvalue weighted by Crippen LogP contribution is -2.59. The Morgan fingerprint density at radius 3 is 3.09 bits per heavy atom. The largest absolute Gasteiger partial charge is 0.300 e. The van der Waals surface area contributed by atoms with Crippen LogP contribution in [0.4, 0.5) is 5.69 Å². The molecule has 0 radical (unpaired) electrons. The predicted octanol–water partition coefficient (Wildman–Crippen LogP) is 1.15. The van der Waals surface area contributed by atoms with Gasteiger partial charge in [-0.2, -0.15) is 0 Å². The smallest absolute Gasteiger partial charge is 0.129 e. The van der Waals surface area contributed by atoms with Crippen LogP contribution in [-0.4, -0.2) is 50.8 Å². The molecule has 0 saturated carbocycles. The second-order valence-electron chi connectivity index (χ2n) is 6.51. The molecule has 0 aliphatic carbocycles. The first-order chi connectivity index (χ1) is 10.8. The van der Waals surface area contributed by atoms with Gasteiger partial charge in [-0.05, 0) is 44.0 Å². The number of nitrogens with one attached hydrogen (secondary N) is 1. The van der Waals surface area contributed by atoms with Crippen LogP contribution < -0.4 is 5.48 Å². The van der Waals surface area contributed by atoms with Gasteiger partial charge < -0.3 is 4.90 Å². The molecular weight excluding hydrogens is 280 g/mol. The first kappa shape index (κ1) is 12.5. The normalized spacial score (nSPS) is 35.5. The fraction of sp³-hybridized carbons (Fsp3) is 0.533. The molecule has 1 atom stereocenters. The molecule has 4 aliphatic rings.